The van der Waals surface area contributed by atoms with Gasteiger partial charge in [-0.15, -0.1) is 11.3 Å². The SMILES string of the molecule is NC(=NC(=NCc1ccccc1)c1ccccc1)c1ccc(-c2cccc3c2oc2ccccc23)c2sc3c(-c4ccccc4)cc(-c4ccccc4)cc3c12. The van der Waals surface area contributed by atoms with Gasteiger partial charge >= 0.3 is 0 Å². The quantitative estimate of drug-likeness (QED) is 0.131. The van der Waals surface area contributed by atoms with Crippen LogP contribution in [0.25, 0.3) is 75.5 Å². The van der Waals surface area contributed by atoms with E-state index < -0.39 is 0 Å². The van der Waals surface area contributed by atoms with Gasteiger partial charge in [0.1, 0.15) is 17.0 Å². The minimum atomic E-state index is 0.408. The van der Waals surface area contributed by atoms with E-state index in [1.54, 1.807) is 11.3 Å². The first-order chi connectivity index (χ1) is 27.7. The Bertz CT molecular complexity index is 3090. The number of nitrogens with two attached hydrogens (primary N) is 1. The summed E-state index contributed by atoms with van der Waals surface area (Å²) in [5.41, 5.74) is 18.6. The number of amidine groups is 2. The van der Waals surface area contributed by atoms with Gasteiger partial charge in [0.2, 0.25) is 0 Å². The number of hydrogen-bond donors (Lipinski definition) is 1. The Labute approximate surface area is 328 Å². The second kappa shape index (κ2) is 14.3. The van der Waals surface area contributed by atoms with Gasteiger partial charge in [0, 0.05) is 58.8 Å². The third kappa shape index (κ3) is 6.05. The molecule has 0 unspecified atom stereocenters. The summed E-state index contributed by atoms with van der Waals surface area (Å²) in [7, 11) is 0. The fraction of sp³-hybridized carbons (Fsp3) is 0.0196. The molecule has 0 fully saturated rings. The highest BCUT2D eigenvalue weighted by atomic mass is 32.1. The summed E-state index contributed by atoms with van der Waals surface area (Å²) in [5, 5.41) is 4.38. The molecule has 0 aliphatic rings. The normalized spacial score (nSPS) is 12.3. The van der Waals surface area contributed by atoms with Crippen molar-refractivity contribution in [3.8, 4) is 33.4 Å². The van der Waals surface area contributed by atoms with Crippen LogP contribution in [0.2, 0.25) is 0 Å². The zero-order valence-corrected chi connectivity index (χ0v) is 31.2. The average molecular weight is 738 g/mol. The summed E-state index contributed by atoms with van der Waals surface area (Å²) in [6.45, 7) is 0.486. The lowest BCUT2D eigenvalue weighted by atomic mass is 9.93. The van der Waals surface area contributed by atoms with E-state index in [-0.39, 0.29) is 0 Å². The van der Waals surface area contributed by atoms with Crippen LogP contribution >= 0.6 is 11.3 Å². The summed E-state index contributed by atoms with van der Waals surface area (Å²) in [4.78, 5) is 10.2. The fourth-order valence-corrected chi connectivity index (χ4v) is 9.07. The molecule has 2 heterocycles. The zero-order valence-electron chi connectivity index (χ0n) is 30.4. The Balaban J connectivity index is 1.27. The molecule has 0 atom stereocenters. The van der Waals surface area contributed by atoms with Gasteiger partial charge < -0.3 is 10.2 Å². The molecule has 2 aromatic heterocycles. The van der Waals surface area contributed by atoms with Crippen molar-refractivity contribution in [1.29, 1.82) is 0 Å². The summed E-state index contributed by atoms with van der Waals surface area (Å²) >= 11 is 1.80. The van der Waals surface area contributed by atoms with Crippen molar-refractivity contribution in [2.24, 2.45) is 15.7 Å². The van der Waals surface area contributed by atoms with Crippen LogP contribution in [-0.4, -0.2) is 11.7 Å². The molecule has 8 aromatic carbocycles. The first-order valence-electron chi connectivity index (χ1n) is 18.7. The van der Waals surface area contributed by atoms with Crippen LogP contribution in [0.3, 0.4) is 0 Å². The number of para-hydroxylation sites is 2. The summed E-state index contributed by atoms with van der Waals surface area (Å²) in [6.07, 6.45) is 0. The molecule has 0 aliphatic heterocycles. The molecular formula is C51H35N3OS. The number of rotatable bonds is 7. The maximum absolute atomic E-state index is 7.20. The molecular weight excluding hydrogens is 703 g/mol. The molecule has 0 bridgehead atoms. The predicted molar refractivity (Wildman–Crippen MR) is 237 cm³/mol. The number of thiophene rings is 1. The van der Waals surface area contributed by atoms with Crippen LogP contribution in [0.1, 0.15) is 16.7 Å². The van der Waals surface area contributed by atoms with Crippen LogP contribution in [-0.2, 0) is 6.54 Å². The van der Waals surface area contributed by atoms with Crippen molar-refractivity contribution < 1.29 is 4.42 Å². The van der Waals surface area contributed by atoms with Crippen molar-refractivity contribution in [1.82, 2.24) is 0 Å². The Morgan fingerprint density at radius 2 is 1.18 bits per heavy atom. The van der Waals surface area contributed by atoms with Gasteiger partial charge in [-0.3, -0.25) is 4.99 Å². The average Bonchev–Trinajstić information content (AvgIpc) is 3.85. The molecule has 5 heteroatoms. The first kappa shape index (κ1) is 33.5. The highest BCUT2D eigenvalue weighted by Crippen LogP contribution is 2.48. The molecule has 10 rings (SSSR count). The van der Waals surface area contributed by atoms with Gasteiger partial charge in [-0.05, 0) is 46.5 Å². The lowest BCUT2D eigenvalue weighted by Crippen LogP contribution is -2.17. The number of benzene rings is 8. The van der Waals surface area contributed by atoms with Gasteiger partial charge in [0.15, 0.2) is 5.84 Å². The van der Waals surface area contributed by atoms with E-state index in [1.165, 1.54) is 10.3 Å². The molecule has 0 saturated heterocycles. The minimum Gasteiger partial charge on any atom is -0.455 e. The highest BCUT2D eigenvalue weighted by Gasteiger charge is 2.22. The molecule has 10 aromatic rings. The molecule has 0 aliphatic carbocycles. The number of aliphatic imine (C=N–C) groups is 2. The predicted octanol–water partition coefficient (Wildman–Crippen LogP) is 13.3. The third-order valence-electron chi connectivity index (χ3n) is 10.4. The van der Waals surface area contributed by atoms with Crippen molar-refractivity contribution in [3.05, 3.63) is 205 Å². The minimum absolute atomic E-state index is 0.408. The topological polar surface area (TPSA) is 63.9 Å². The van der Waals surface area contributed by atoms with E-state index in [0.29, 0.717) is 18.2 Å². The standard InChI is InChI=1S/C51H35N3OS/c52-50(54-51(36-22-11-4-12-23-36)53-32-33-16-5-1-6-17-33)42-29-28-41(40-26-15-25-39-38-24-13-14-27-45(38)55-47(39)40)49-46(42)44-31-37(34-18-7-2-8-19-34)30-43(48(44)56-49)35-20-9-3-10-21-35/h1-31H,32H2,(H2,52,53,54). The summed E-state index contributed by atoms with van der Waals surface area (Å²) in [5.74, 6) is 0.996. The van der Waals surface area contributed by atoms with Crippen molar-refractivity contribution in [2.45, 2.75) is 6.54 Å². The van der Waals surface area contributed by atoms with E-state index in [2.05, 4.69) is 127 Å². The van der Waals surface area contributed by atoms with Gasteiger partial charge in [0.05, 0.1) is 6.54 Å². The monoisotopic (exact) mass is 737 g/mol. The second-order valence-electron chi connectivity index (χ2n) is 13.9. The third-order valence-corrected chi connectivity index (χ3v) is 11.7. The first-order valence-corrected chi connectivity index (χ1v) is 19.5. The van der Waals surface area contributed by atoms with Gasteiger partial charge in [-0.1, -0.05) is 164 Å². The lowest BCUT2D eigenvalue weighted by molar-refractivity contribution is 0.670. The van der Waals surface area contributed by atoms with Crippen molar-refractivity contribution >= 4 is 65.1 Å². The lowest BCUT2D eigenvalue weighted by Gasteiger charge is -2.12. The van der Waals surface area contributed by atoms with E-state index in [1.807, 2.05) is 60.7 Å². The number of hydrogen-bond acceptors (Lipinski definition) is 3. The Kier molecular flexibility index (Phi) is 8.55. The second-order valence-corrected chi connectivity index (χ2v) is 14.9. The van der Waals surface area contributed by atoms with Crippen molar-refractivity contribution in [2.75, 3.05) is 0 Å². The van der Waals surface area contributed by atoms with Gasteiger partial charge in [-0.25, -0.2) is 4.99 Å². The molecule has 0 saturated carbocycles. The molecule has 2 N–H and O–H groups in total. The molecule has 56 heavy (non-hydrogen) atoms. The zero-order chi connectivity index (χ0) is 37.4. The van der Waals surface area contributed by atoms with Crippen LogP contribution in [0.4, 0.5) is 0 Å². The maximum Gasteiger partial charge on any atom is 0.157 e. The Morgan fingerprint density at radius 1 is 0.518 bits per heavy atom. The Hall–Kier alpha value is -7.08. The maximum atomic E-state index is 7.20. The molecule has 0 radical (unpaired) electrons. The highest BCUT2D eigenvalue weighted by molar-refractivity contribution is 7.27. The van der Waals surface area contributed by atoms with Crippen LogP contribution in [0, 0.1) is 0 Å². The van der Waals surface area contributed by atoms with E-state index in [0.717, 1.165) is 81.9 Å². The summed E-state index contributed by atoms with van der Waals surface area (Å²) in [6, 6.07) is 65.2. The van der Waals surface area contributed by atoms with E-state index in [9.17, 15) is 0 Å². The van der Waals surface area contributed by atoms with Crippen LogP contribution in [0.15, 0.2) is 202 Å². The van der Waals surface area contributed by atoms with E-state index >= 15 is 0 Å². The number of fused-ring (bicyclic) bond motifs is 6. The molecule has 0 spiro atoms. The smallest absolute Gasteiger partial charge is 0.157 e. The number of furan rings is 1. The Morgan fingerprint density at radius 3 is 1.95 bits per heavy atom. The van der Waals surface area contributed by atoms with E-state index in [4.69, 9.17) is 20.1 Å². The molecule has 4 nitrogen and oxygen atoms in total. The van der Waals surface area contributed by atoms with Crippen molar-refractivity contribution in [3.63, 3.8) is 0 Å². The number of nitrogens with zero attached hydrogens (tertiary/aromatic N) is 2. The van der Waals surface area contributed by atoms with Gasteiger partial charge in [0.25, 0.3) is 0 Å². The van der Waals surface area contributed by atoms with Crippen LogP contribution in [0.5, 0.6) is 0 Å². The van der Waals surface area contributed by atoms with Gasteiger partial charge in [-0.2, -0.15) is 0 Å². The fourth-order valence-electron chi connectivity index (χ4n) is 7.70. The largest absolute Gasteiger partial charge is 0.455 e. The van der Waals surface area contributed by atoms with Crippen LogP contribution < -0.4 is 5.73 Å². The molecule has 0 amide bonds. The summed E-state index contributed by atoms with van der Waals surface area (Å²) < 4.78 is 8.92. The molecule has 266 valence electrons.